The summed E-state index contributed by atoms with van der Waals surface area (Å²) in [5.74, 6) is -0.873. The van der Waals surface area contributed by atoms with E-state index in [2.05, 4.69) is 36.1 Å². The largest absolute Gasteiger partial charge is 0.465 e. The van der Waals surface area contributed by atoms with E-state index in [1.807, 2.05) is 20.8 Å². The minimum Gasteiger partial charge on any atom is -0.465 e. The van der Waals surface area contributed by atoms with Gasteiger partial charge in [-0.15, -0.1) is 0 Å². The minimum absolute atomic E-state index is 0.142. The van der Waals surface area contributed by atoms with E-state index in [4.69, 9.17) is 14.2 Å². The molecule has 0 aromatic carbocycles. The molecule has 0 bridgehead atoms. The van der Waals surface area contributed by atoms with Crippen molar-refractivity contribution in [2.45, 2.75) is 70.7 Å². The molecule has 0 N–H and O–H groups in total. The van der Waals surface area contributed by atoms with Crippen LogP contribution >= 0.6 is 0 Å². The molecule has 2 aliphatic rings. The average molecular weight is 351 g/mol. The molecule has 5 heteroatoms. The summed E-state index contributed by atoms with van der Waals surface area (Å²) in [7, 11) is 0. The van der Waals surface area contributed by atoms with Crippen LogP contribution in [0.2, 0.25) is 0 Å². The smallest absolute Gasteiger partial charge is 0.323 e. The first-order valence-corrected chi connectivity index (χ1v) is 9.62. The molecule has 142 valence electrons. The number of esters is 1. The number of hydrogen-bond acceptors (Lipinski definition) is 5. The molecule has 1 fully saturated rings. The Morgan fingerprint density at radius 1 is 1.12 bits per heavy atom. The summed E-state index contributed by atoms with van der Waals surface area (Å²) < 4.78 is 17.4. The quantitative estimate of drug-likeness (QED) is 0.495. The number of rotatable bonds is 8. The summed E-state index contributed by atoms with van der Waals surface area (Å²) in [6.45, 7) is 10.2. The minimum atomic E-state index is -0.694. The summed E-state index contributed by atoms with van der Waals surface area (Å²) in [5.41, 5.74) is -0.142. The van der Waals surface area contributed by atoms with E-state index in [0.717, 1.165) is 25.8 Å². The van der Waals surface area contributed by atoms with Crippen LogP contribution in [-0.2, 0) is 19.0 Å². The van der Waals surface area contributed by atoms with E-state index >= 15 is 0 Å². The predicted molar refractivity (Wildman–Crippen MR) is 98.3 cm³/mol. The first kappa shape index (κ1) is 20.1. The topological polar surface area (TPSA) is 48.0 Å². The lowest BCUT2D eigenvalue weighted by atomic mass is 9.81. The Hall–Kier alpha value is -1.17. The Labute approximate surface area is 152 Å². The molecule has 0 aromatic heterocycles. The van der Waals surface area contributed by atoms with E-state index < -0.39 is 5.79 Å². The third kappa shape index (κ3) is 4.33. The van der Waals surface area contributed by atoms with Gasteiger partial charge in [0, 0.05) is 38.1 Å². The third-order valence-corrected chi connectivity index (χ3v) is 5.30. The highest BCUT2D eigenvalue weighted by Gasteiger charge is 2.50. The Kier molecular flexibility index (Phi) is 7.23. The molecule has 25 heavy (non-hydrogen) atoms. The molecule has 2 rings (SSSR count). The molecular weight excluding hydrogens is 318 g/mol. The van der Waals surface area contributed by atoms with Gasteiger partial charge >= 0.3 is 5.97 Å². The Balaban J connectivity index is 2.31. The van der Waals surface area contributed by atoms with Crippen LogP contribution < -0.4 is 0 Å². The van der Waals surface area contributed by atoms with Crippen molar-refractivity contribution in [1.29, 1.82) is 0 Å². The first-order chi connectivity index (χ1) is 12.1. The van der Waals surface area contributed by atoms with Crippen LogP contribution in [0.3, 0.4) is 0 Å². The van der Waals surface area contributed by atoms with Gasteiger partial charge in [-0.25, -0.2) is 0 Å². The van der Waals surface area contributed by atoms with Crippen molar-refractivity contribution in [2.24, 2.45) is 0 Å². The van der Waals surface area contributed by atoms with E-state index in [-0.39, 0.29) is 17.6 Å². The maximum Gasteiger partial charge on any atom is 0.323 e. The van der Waals surface area contributed by atoms with Crippen molar-refractivity contribution in [3.63, 3.8) is 0 Å². The molecule has 0 spiro atoms. The molecule has 0 radical (unpaired) electrons. The Morgan fingerprint density at radius 3 is 2.36 bits per heavy atom. The van der Waals surface area contributed by atoms with E-state index in [9.17, 15) is 4.79 Å². The maximum atomic E-state index is 12.8. The van der Waals surface area contributed by atoms with Crippen LogP contribution in [0.15, 0.2) is 24.3 Å². The fraction of sp³-hybridized carbons (Fsp3) is 0.750. The molecular formula is C20H33NO4. The van der Waals surface area contributed by atoms with Crippen LogP contribution in [0, 0.1) is 0 Å². The zero-order chi connectivity index (χ0) is 18.3. The predicted octanol–water partition coefficient (Wildman–Crippen LogP) is 3.45. The number of allylic oxidation sites excluding steroid dienone is 2. The van der Waals surface area contributed by atoms with Crippen LogP contribution in [-0.4, -0.2) is 54.6 Å². The van der Waals surface area contributed by atoms with E-state index in [0.29, 0.717) is 26.2 Å². The molecule has 0 aromatic rings. The second-order valence-electron chi connectivity index (χ2n) is 6.64. The normalized spacial score (nSPS) is 28.9. The standard InChI is InChI=1S/C20H33NO4/c1-5-19(12-10-9-11-13-19)21-15-14-20(24-7-3,25-8-4)16-17(21)18(22)23-6-2/h9-12,17H,5-8,13-16H2,1-4H3/t17-,19-/m0/s1. The first-order valence-electron chi connectivity index (χ1n) is 9.62. The fourth-order valence-electron chi connectivity index (χ4n) is 4.10. The highest BCUT2D eigenvalue weighted by molar-refractivity contribution is 5.76. The summed E-state index contributed by atoms with van der Waals surface area (Å²) in [5, 5.41) is 0. The van der Waals surface area contributed by atoms with Crippen LogP contribution in [0.5, 0.6) is 0 Å². The number of likely N-dealkylation sites (tertiary alicyclic amines) is 1. The molecule has 1 aliphatic carbocycles. The SMILES string of the molecule is CCOC(=O)[C@@H]1CC(OCC)(OCC)CCN1[C@@]1(CC)C=CC=CC1. The van der Waals surface area contributed by atoms with Gasteiger partial charge in [0.05, 0.1) is 6.61 Å². The summed E-state index contributed by atoms with van der Waals surface area (Å²) in [6, 6.07) is -0.358. The lowest BCUT2D eigenvalue weighted by Crippen LogP contribution is -2.63. The van der Waals surface area contributed by atoms with Crippen LogP contribution in [0.25, 0.3) is 0 Å². The van der Waals surface area contributed by atoms with Gasteiger partial charge in [-0.3, -0.25) is 9.69 Å². The van der Waals surface area contributed by atoms with Crippen molar-refractivity contribution < 1.29 is 19.0 Å². The molecule has 2 atom stereocenters. The van der Waals surface area contributed by atoms with Gasteiger partial charge < -0.3 is 14.2 Å². The summed E-state index contributed by atoms with van der Waals surface area (Å²) in [4.78, 5) is 15.1. The number of carbonyl (C=O) groups excluding carboxylic acids is 1. The zero-order valence-electron chi connectivity index (χ0n) is 16.1. The van der Waals surface area contributed by atoms with Crippen molar-refractivity contribution in [2.75, 3.05) is 26.4 Å². The lowest BCUT2D eigenvalue weighted by Gasteiger charge is -2.52. The van der Waals surface area contributed by atoms with Gasteiger partial charge in [0.15, 0.2) is 5.79 Å². The molecule has 0 amide bonds. The third-order valence-electron chi connectivity index (χ3n) is 5.30. The molecule has 1 saturated heterocycles. The maximum absolute atomic E-state index is 12.8. The molecule has 5 nitrogen and oxygen atoms in total. The second-order valence-corrected chi connectivity index (χ2v) is 6.64. The lowest BCUT2D eigenvalue weighted by molar-refractivity contribution is -0.266. The molecule has 0 saturated carbocycles. The summed E-state index contributed by atoms with van der Waals surface area (Å²) >= 11 is 0. The number of piperidine rings is 1. The fourth-order valence-corrected chi connectivity index (χ4v) is 4.10. The second kappa shape index (κ2) is 8.97. The van der Waals surface area contributed by atoms with Crippen molar-refractivity contribution in [1.82, 2.24) is 4.90 Å². The van der Waals surface area contributed by atoms with Crippen molar-refractivity contribution in [3.05, 3.63) is 24.3 Å². The van der Waals surface area contributed by atoms with Gasteiger partial charge in [0.25, 0.3) is 0 Å². The van der Waals surface area contributed by atoms with Crippen LogP contribution in [0.1, 0.15) is 53.4 Å². The monoisotopic (exact) mass is 351 g/mol. The Bertz CT molecular complexity index is 496. The number of carbonyl (C=O) groups is 1. The van der Waals surface area contributed by atoms with Crippen molar-refractivity contribution in [3.8, 4) is 0 Å². The number of hydrogen-bond donors (Lipinski definition) is 0. The van der Waals surface area contributed by atoms with E-state index in [1.54, 1.807) is 0 Å². The summed E-state index contributed by atoms with van der Waals surface area (Å²) in [6.07, 6.45) is 11.7. The highest BCUT2D eigenvalue weighted by atomic mass is 16.7. The number of ether oxygens (including phenoxy) is 3. The van der Waals surface area contributed by atoms with Gasteiger partial charge in [-0.2, -0.15) is 0 Å². The number of nitrogens with zero attached hydrogens (tertiary/aromatic N) is 1. The average Bonchev–Trinajstić information content (AvgIpc) is 2.63. The van der Waals surface area contributed by atoms with Gasteiger partial charge in [0.2, 0.25) is 0 Å². The van der Waals surface area contributed by atoms with Gasteiger partial charge in [-0.05, 0) is 33.6 Å². The molecule has 1 heterocycles. The van der Waals surface area contributed by atoms with E-state index in [1.165, 1.54) is 0 Å². The molecule has 1 aliphatic heterocycles. The van der Waals surface area contributed by atoms with Crippen LogP contribution in [0.4, 0.5) is 0 Å². The van der Waals surface area contributed by atoms with Crippen molar-refractivity contribution >= 4 is 5.97 Å². The highest BCUT2D eigenvalue weighted by Crippen LogP contribution is 2.40. The van der Waals surface area contributed by atoms with Gasteiger partial charge in [0.1, 0.15) is 6.04 Å². The zero-order valence-corrected chi connectivity index (χ0v) is 16.1. The molecule has 0 unspecified atom stereocenters. The van der Waals surface area contributed by atoms with Gasteiger partial charge in [-0.1, -0.05) is 31.2 Å². The Morgan fingerprint density at radius 2 is 1.84 bits per heavy atom.